The van der Waals surface area contributed by atoms with Crippen molar-refractivity contribution in [3.8, 4) is 5.75 Å². The third-order valence-corrected chi connectivity index (χ3v) is 3.13. The number of hydrogen-bond acceptors (Lipinski definition) is 2. The molecule has 1 rings (SSSR count). The van der Waals surface area contributed by atoms with Crippen molar-refractivity contribution in [2.45, 2.75) is 39.5 Å². The van der Waals surface area contributed by atoms with Crippen LogP contribution >= 0.6 is 0 Å². The maximum Gasteiger partial charge on any atom is 0.335 e. The number of carboxylic acid groups (broad SMARTS) is 1. The van der Waals surface area contributed by atoms with Gasteiger partial charge in [-0.25, -0.2) is 4.79 Å². The molecule has 1 aromatic rings. The fourth-order valence-electron chi connectivity index (χ4n) is 1.81. The van der Waals surface area contributed by atoms with Crippen molar-refractivity contribution in [2.24, 2.45) is 5.92 Å². The van der Waals surface area contributed by atoms with Gasteiger partial charge >= 0.3 is 5.97 Å². The lowest BCUT2D eigenvalue weighted by Gasteiger charge is -2.15. The summed E-state index contributed by atoms with van der Waals surface area (Å²) in [6.07, 6.45) is 4.76. The molecule has 0 spiro atoms. The largest absolute Gasteiger partial charge is 0.493 e. The molecule has 0 aliphatic carbocycles. The summed E-state index contributed by atoms with van der Waals surface area (Å²) in [4.78, 5) is 10.7. The topological polar surface area (TPSA) is 46.5 Å². The van der Waals surface area contributed by atoms with E-state index >= 15 is 0 Å². The highest BCUT2D eigenvalue weighted by atomic mass is 16.5. The molecule has 3 nitrogen and oxygen atoms in total. The average Bonchev–Trinajstić information content (AvgIpc) is 2.39. The molecule has 0 radical (unpaired) electrons. The molecule has 3 heteroatoms. The first-order chi connectivity index (χ1) is 8.67. The van der Waals surface area contributed by atoms with Crippen LogP contribution in [0.4, 0.5) is 0 Å². The lowest BCUT2D eigenvalue weighted by Crippen LogP contribution is -2.11. The van der Waals surface area contributed by atoms with Gasteiger partial charge in [-0.1, -0.05) is 33.1 Å². The number of hydrogen-bond donors (Lipinski definition) is 1. The van der Waals surface area contributed by atoms with Crippen LogP contribution < -0.4 is 4.74 Å². The van der Waals surface area contributed by atoms with E-state index in [1.807, 2.05) is 0 Å². The van der Waals surface area contributed by atoms with E-state index in [2.05, 4.69) is 13.8 Å². The van der Waals surface area contributed by atoms with E-state index in [0.29, 0.717) is 18.1 Å². The van der Waals surface area contributed by atoms with Gasteiger partial charge in [-0.2, -0.15) is 0 Å². The zero-order chi connectivity index (χ0) is 13.4. The predicted octanol–water partition coefficient (Wildman–Crippen LogP) is 3.98. The Morgan fingerprint density at radius 3 is 2.44 bits per heavy atom. The average molecular weight is 250 g/mol. The van der Waals surface area contributed by atoms with Crippen LogP contribution in [0, 0.1) is 5.92 Å². The Bertz CT molecular complexity index is 357. The molecule has 1 N–H and O–H groups in total. The molecule has 100 valence electrons. The third kappa shape index (κ3) is 4.78. The molecule has 1 atom stereocenters. The number of rotatable bonds is 8. The minimum absolute atomic E-state index is 0.292. The van der Waals surface area contributed by atoms with Crippen molar-refractivity contribution in [2.75, 3.05) is 6.61 Å². The van der Waals surface area contributed by atoms with Gasteiger partial charge in [0.2, 0.25) is 0 Å². The SMILES string of the molecule is CCCCC(CC)COc1ccc(C(=O)O)cc1. The molecule has 18 heavy (non-hydrogen) atoms. The van der Waals surface area contributed by atoms with E-state index < -0.39 is 5.97 Å². The number of benzene rings is 1. The van der Waals surface area contributed by atoms with E-state index in [1.54, 1.807) is 24.3 Å². The molecule has 0 saturated heterocycles. The Morgan fingerprint density at radius 2 is 1.94 bits per heavy atom. The van der Waals surface area contributed by atoms with Crippen LogP contribution in [0.25, 0.3) is 0 Å². The first-order valence-corrected chi connectivity index (χ1v) is 6.63. The smallest absolute Gasteiger partial charge is 0.335 e. The number of carbonyl (C=O) groups is 1. The fourth-order valence-corrected chi connectivity index (χ4v) is 1.81. The second kappa shape index (κ2) is 7.75. The van der Waals surface area contributed by atoms with Crippen LogP contribution in [0.3, 0.4) is 0 Å². The van der Waals surface area contributed by atoms with Crippen molar-refractivity contribution >= 4 is 5.97 Å². The molecule has 0 aliphatic heterocycles. The van der Waals surface area contributed by atoms with Gasteiger partial charge < -0.3 is 9.84 Å². The van der Waals surface area contributed by atoms with Gasteiger partial charge in [0, 0.05) is 0 Å². The standard InChI is InChI=1S/C15H22O3/c1-3-5-6-12(4-2)11-18-14-9-7-13(8-10-14)15(16)17/h7-10,12H,3-6,11H2,1-2H3,(H,16,17). The van der Waals surface area contributed by atoms with Crippen molar-refractivity contribution in [1.82, 2.24) is 0 Å². The molecule has 0 amide bonds. The lowest BCUT2D eigenvalue weighted by molar-refractivity contribution is 0.0697. The number of carboxylic acids is 1. The normalized spacial score (nSPS) is 12.1. The van der Waals surface area contributed by atoms with Gasteiger partial charge in [-0.3, -0.25) is 0 Å². The molecule has 0 saturated carbocycles. The van der Waals surface area contributed by atoms with Crippen LogP contribution in [0.15, 0.2) is 24.3 Å². The van der Waals surface area contributed by atoms with Gasteiger partial charge in [0.05, 0.1) is 12.2 Å². The van der Waals surface area contributed by atoms with E-state index in [1.165, 1.54) is 19.3 Å². The molecular formula is C15H22O3. The number of unbranched alkanes of at least 4 members (excludes halogenated alkanes) is 1. The quantitative estimate of drug-likeness (QED) is 0.759. The molecule has 1 unspecified atom stereocenters. The van der Waals surface area contributed by atoms with Crippen molar-refractivity contribution in [3.05, 3.63) is 29.8 Å². The number of ether oxygens (including phenoxy) is 1. The van der Waals surface area contributed by atoms with Crippen LogP contribution in [0.5, 0.6) is 5.75 Å². The monoisotopic (exact) mass is 250 g/mol. The molecule has 0 aliphatic rings. The summed E-state index contributed by atoms with van der Waals surface area (Å²) >= 11 is 0. The predicted molar refractivity (Wildman–Crippen MR) is 72.2 cm³/mol. The summed E-state index contributed by atoms with van der Waals surface area (Å²) < 4.78 is 5.70. The summed E-state index contributed by atoms with van der Waals surface area (Å²) in [5, 5.41) is 8.79. The summed E-state index contributed by atoms with van der Waals surface area (Å²) in [6.45, 7) is 5.08. The van der Waals surface area contributed by atoms with E-state index in [-0.39, 0.29) is 0 Å². The van der Waals surface area contributed by atoms with Gasteiger partial charge in [0.25, 0.3) is 0 Å². The van der Waals surface area contributed by atoms with Crippen LogP contribution in [-0.4, -0.2) is 17.7 Å². The Morgan fingerprint density at radius 1 is 1.28 bits per heavy atom. The molecule has 0 fully saturated rings. The highest BCUT2D eigenvalue weighted by Crippen LogP contribution is 2.17. The molecule has 1 aromatic carbocycles. The van der Waals surface area contributed by atoms with Gasteiger partial charge in [0.15, 0.2) is 0 Å². The maximum absolute atomic E-state index is 10.7. The summed E-state index contributed by atoms with van der Waals surface area (Å²) in [5.74, 6) is 0.426. The minimum atomic E-state index is -0.907. The van der Waals surface area contributed by atoms with Gasteiger partial charge in [0.1, 0.15) is 5.75 Å². The highest BCUT2D eigenvalue weighted by Gasteiger charge is 2.07. The van der Waals surface area contributed by atoms with Crippen molar-refractivity contribution < 1.29 is 14.6 Å². The second-order valence-corrected chi connectivity index (χ2v) is 4.56. The zero-order valence-electron chi connectivity index (χ0n) is 11.2. The maximum atomic E-state index is 10.7. The summed E-state index contributed by atoms with van der Waals surface area (Å²) in [7, 11) is 0. The summed E-state index contributed by atoms with van der Waals surface area (Å²) in [6, 6.07) is 6.58. The van der Waals surface area contributed by atoms with E-state index in [9.17, 15) is 4.79 Å². The molecule has 0 bridgehead atoms. The first kappa shape index (κ1) is 14.6. The minimum Gasteiger partial charge on any atom is -0.493 e. The van der Waals surface area contributed by atoms with Crippen molar-refractivity contribution in [1.29, 1.82) is 0 Å². The molecule has 0 heterocycles. The number of aromatic carboxylic acids is 1. The second-order valence-electron chi connectivity index (χ2n) is 4.56. The van der Waals surface area contributed by atoms with Crippen LogP contribution in [0.1, 0.15) is 49.9 Å². The lowest BCUT2D eigenvalue weighted by atomic mass is 10.0. The molecular weight excluding hydrogens is 228 g/mol. The van der Waals surface area contributed by atoms with Crippen LogP contribution in [0.2, 0.25) is 0 Å². The Balaban J connectivity index is 2.44. The Kier molecular flexibility index (Phi) is 6.26. The highest BCUT2D eigenvalue weighted by molar-refractivity contribution is 5.87. The van der Waals surface area contributed by atoms with Crippen LogP contribution in [-0.2, 0) is 0 Å². The first-order valence-electron chi connectivity index (χ1n) is 6.63. The zero-order valence-corrected chi connectivity index (χ0v) is 11.2. The Labute approximate surface area is 109 Å². The van der Waals surface area contributed by atoms with Crippen molar-refractivity contribution in [3.63, 3.8) is 0 Å². The van der Waals surface area contributed by atoms with E-state index in [0.717, 1.165) is 12.2 Å². The fraction of sp³-hybridized carbons (Fsp3) is 0.533. The van der Waals surface area contributed by atoms with Gasteiger partial charge in [-0.05, 0) is 36.6 Å². The summed E-state index contributed by atoms with van der Waals surface area (Å²) in [5.41, 5.74) is 0.292. The van der Waals surface area contributed by atoms with Gasteiger partial charge in [-0.15, -0.1) is 0 Å². The Hall–Kier alpha value is -1.51. The third-order valence-electron chi connectivity index (χ3n) is 3.13. The van der Waals surface area contributed by atoms with E-state index in [4.69, 9.17) is 9.84 Å². The molecule has 0 aromatic heterocycles.